The highest BCUT2D eigenvalue weighted by molar-refractivity contribution is 5.79. The fourth-order valence-electron chi connectivity index (χ4n) is 2.31. The van der Waals surface area contributed by atoms with Crippen LogP contribution >= 0.6 is 0 Å². The van der Waals surface area contributed by atoms with Gasteiger partial charge < -0.3 is 10.5 Å². The first-order chi connectivity index (χ1) is 7.25. The quantitative estimate of drug-likeness (QED) is 0.749. The Morgan fingerprint density at radius 1 is 1.27 bits per heavy atom. The second kappa shape index (κ2) is 5.08. The van der Waals surface area contributed by atoms with Crippen LogP contribution in [0, 0.1) is 11.8 Å². The van der Waals surface area contributed by atoms with Gasteiger partial charge in [-0.05, 0) is 37.5 Å². The Balaban J connectivity index is 1.66. The van der Waals surface area contributed by atoms with Crippen LogP contribution in [0.3, 0.4) is 0 Å². The van der Waals surface area contributed by atoms with Gasteiger partial charge >= 0.3 is 0 Å². The molecule has 2 N–H and O–H groups in total. The van der Waals surface area contributed by atoms with Crippen LogP contribution < -0.4 is 5.73 Å². The van der Waals surface area contributed by atoms with E-state index < -0.39 is 0 Å². The van der Waals surface area contributed by atoms with Gasteiger partial charge in [0.1, 0.15) is 5.78 Å². The van der Waals surface area contributed by atoms with E-state index in [4.69, 9.17) is 10.5 Å². The van der Waals surface area contributed by atoms with E-state index in [1.807, 2.05) is 0 Å². The lowest BCUT2D eigenvalue weighted by Gasteiger charge is -2.21. The van der Waals surface area contributed by atoms with E-state index in [1.165, 1.54) is 12.8 Å². The molecule has 3 heteroatoms. The zero-order valence-corrected chi connectivity index (χ0v) is 9.28. The van der Waals surface area contributed by atoms with Gasteiger partial charge in [0.05, 0.1) is 0 Å². The maximum atomic E-state index is 11.7. The number of Topliss-reactive ketones (excluding diaryl/α,β-unsaturated/α-hetero) is 1. The lowest BCUT2D eigenvalue weighted by molar-refractivity contribution is -0.121. The van der Waals surface area contributed by atoms with Gasteiger partial charge in [0.2, 0.25) is 0 Å². The highest BCUT2D eigenvalue weighted by Gasteiger charge is 2.30. The van der Waals surface area contributed by atoms with Gasteiger partial charge in [-0.2, -0.15) is 0 Å². The number of ketones is 1. The number of carbonyl (C=O) groups excluding carboxylic acids is 1. The number of rotatable bonds is 5. The van der Waals surface area contributed by atoms with Crippen molar-refractivity contribution in [3.8, 4) is 0 Å². The summed E-state index contributed by atoms with van der Waals surface area (Å²) in [5.74, 6) is 1.56. The molecule has 0 spiro atoms. The van der Waals surface area contributed by atoms with E-state index in [0.717, 1.165) is 32.5 Å². The summed E-state index contributed by atoms with van der Waals surface area (Å²) < 4.78 is 5.27. The summed E-state index contributed by atoms with van der Waals surface area (Å²) in [5, 5.41) is 0. The third-order valence-electron chi connectivity index (χ3n) is 3.55. The minimum absolute atomic E-state index is 0.136. The molecule has 0 amide bonds. The SMILES string of the molecule is NC(CC(=O)CC1CCOCC1)C1CC1. The van der Waals surface area contributed by atoms with Gasteiger partial charge in [-0.15, -0.1) is 0 Å². The lowest BCUT2D eigenvalue weighted by Crippen LogP contribution is -2.27. The predicted molar refractivity (Wildman–Crippen MR) is 58.5 cm³/mol. The number of hydrogen-bond donors (Lipinski definition) is 1. The van der Waals surface area contributed by atoms with Gasteiger partial charge in [0, 0.05) is 32.1 Å². The smallest absolute Gasteiger partial charge is 0.134 e. The molecule has 2 aliphatic rings. The molecule has 0 radical (unpaired) electrons. The summed E-state index contributed by atoms with van der Waals surface area (Å²) >= 11 is 0. The van der Waals surface area contributed by atoms with E-state index in [9.17, 15) is 4.79 Å². The minimum atomic E-state index is 0.136. The van der Waals surface area contributed by atoms with E-state index in [1.54, 1.807) is 0 Å². The van der Waals surface area contributed by atoms with Crippen LogP contribution in [0.5, 0.6) is 0 Å². The Bertz CT molecular complexity index is 220. The highest BCUT2D eigenvalue weighted by atomic mass is 16.5. The first-order valence-corrected chi connectivity index (χ1v) is 6.10. The third-order valence-corrected chi connectivity index (χ3v) is 3.55. The highest BCUT2D eigenvalue weighted by Crippen LogP contribution is 2.33. The van der Waals surface area contributed by atoms with Crippen LogP contribution in [0.4, 0.5) is 0 Å². The average Bonchev–Trinajstić information content (AvgIpc) is 3.01. The monoisotopic (exact) mass is 211 g/mol. The molecule has 1 aliphatic carbocycles. The fraction of sp³-hybridized carbons (Fsp3) is 0.917. The Kier molecular flexibility index (Phi) is 3.76. The molecule has 1 aliphatic heterocycles. The molecular formula is C12H21NO2. The number of carbonyl (C=O) groups is 1. The van der Waals surface area contributed by atoms with E-state index >= 15 is 0 Å². The van der Waals surface area contributed by atoms with Gasteiger partial charge in [-0.25, -0.2) is 0 Å². The lowest BCUT2D eigenvalue weighted by atomic mass is 9.92. The van der Waals surface area contributed by atoms with Crippen molar-refractivity contribution in [2.45, 2.75) is 44.6 Å². The van der Waals surface area contributed by atoms with Crippen LogP contribution in [0.25, 0.3) is 0 Å². The van der Waals surface area contributed by atoms with Crippen molar-refractivity contribution < 1.29 is 9.53 Å². The molecule has 1 heterocycles. The second-order valence-corrected chi connectivity index (χ2v) is 5.00. The molecule has 2 rings (SSSR count). The maximum absolute atomic E-state index is 11.7. The molecule has 2 fully saturated rings. The van der Waals surface area contributed by atoms with E-state index in [-0.39, 0.29) is 6.04 Å². The number of nitrogens with two attached hydrogens (primary N) is 1. The van der Waals surface area contributed by atoms with Gasteiger partial charge in [0.25, 0.3) is 0 Å². The van der Waals surface area contributed by atoms with Crippen LogP contribution in [-0.2, 0) is 9.53 Å². The van der Waals surface area contributed by atoms with Crippen LogP contribution in [0.1, 0.15) is 38.5 Å². The standard InChI is InChI=1S/C12H21NO2/c13-12(10-1-2-10)8-11(14)7-9-3-5-15-6-4-9/h9-10,12H,1-8,13H2. The molecule has 0 bridgehead atoms. The van der Waals surface area contributed by atoms with E-state index in [2.05, 4.69) is 0 Å². The Labute approximate surface area is 91.4 Å². The maximum Gasteiger partial charge on any atom is 0.134 e. The van der Waals surface area contributed by atoms with Gasteiger partial charge in [-0.1, -0.05) is 0 Å². The first-order valence-electron chi connectivity index (χ1n) is 6.10. The van der Waals surface area contributed by atoms with Crippen molar-refractivity contribution in [1.82, 2.24) is 0 Å². The predicted octanol–water partition coefficient (Wildman–Crippen LogP) is 1.50. The summed E-state index contributed by atoms with van der Waals surface area (Å²) in [5.41, 5.74) is 5.94. The fourth-order valence-corrected chi connectivity index (χ4v) is 2.31. The largest absolute Gasteiger partial charge is 0.381 e. The zero-order chi connectivity index (χ0) is 10.7. The number of ether oxygens (including phenoxy) is 1. The van der Waals surface area contributed by atoms with Crippen LogP contribution in [-0.4, -0.2) is 25.0 Å². The molecule has 15 heavy (non-hydrogen) atoms. The van der Waals surface area contributed by atoms with Crippen molar-refractivity contribution in [2.24, 2.45) is 17.6 Å². The Hall–Kier alpha value is -0.410. The van der Waals surface area contributed by atoms with Crippen molar-refractivity contribution in [2.75, 3.05) is 13.2 Å². The van der Waals surface area contributed by atoms with E-state index in [0.29, 0.717) is 24.0 Å². The van der Waals surface area contributed by atoms with Gasteiger partial charge in [0.15, 0.2) is 0 Å². The zero-order valence-electron chi connectivity index (χ0n) is 9.28. The molecule has 0 aromatic heterocycles. The first kappa shape index (κ1) is 11.1. The summed E-state index contributed by atoms with van der Waals surface area (Å²) in [6, 6.07) is 0.136. The number of hydrogen-bond acceptors (Lipinski definition) is 3. The molecule has 1 saturated carbocycles. The van der Waals surface area contributed by atoms with Crippen LogP contribution in [0.15, 0.2) is 0 Å². The minimum Gasteiger partial charge on any atom is -0.381 e. The molecule has 0 aromatic carbocycles. The molecule has 1 atom stereocenters. The van der Waals surface area contributed by atoms with Crippen molar-refractivity contribution in [3.05, 3.63) is 0 Å². The molecule has 0 aromatic rings. The molecule has 86 valence electrons. The molecular weight excluding hydrogens is 190 g/mol. The summed E-state index contributed by atoms with van der Waals surface area (Å²) in [6.07, 6.45) is 5.87. The molecule has 1 saturated heterocycles. The normalized spacial score (nSPS) is 25.1. The van der Waals surface area contributed by atoms with Crippen LogP contribution in [0.2, 0.25) is 0 Å². The van der Waals surface area contributed by atoms with Gasteiger partial charge in [-0.3, -0.25) is 4.79 Å². The summed E-state index contributed by atoms with van der Waals surface area (Å²) in [4.78, 5) is 11.7. The Morgan fingerprint density at radius 2 is 1.93 bits per heavy atom. The topological polar surface area (TPSA) is 52.3 Å². The summed E-state index contributed by atoms with van der Waals surface area (Å²) in [6.45, 7) is 1.65. The molecule has 1 unspecified atom stereocenters. The Morgan fingerprint density at radius 3 is 2.53 bits per heavy atom. The average molecular weight is 211 g/mol. The summed E-state index contributed by atoms with van der Waals surface area (Å²) in [7, 11) is 0. The third kappa shape index (κ3) is 3.58. The van der Waals surface area contributed by atoms with Crippen molar-refractivity contribution >= 4 is 5.78 Å². The van der Waals surface area contributed by atoms with Crippen molar-refractivity contribution in [3.63, 3.8) is 0 Å². The van der Waals surface area contributed by atoms with Crippen molar-refractivity contribution in [1.29, 1.82) is 0 Å². The molecule has 3 nitrogen and oxygen atoms in total. The second-order valence-electron chi connectivity index (χ2n) is 5.00.